The number of carbonyl (C=O) groups excluding carboxylic acids is 3. The molecule has 2 aromatic rings. The summed E-state index contributed by atoms with van der Waals surface area (Å²) in [6, 6.07) is 15.8. The van der Waals surface area contributed by atoms with Crippen LogP contribution in [0.15, 0.2) is 54.6 Å². The summed E-state index contributed by atoms with van der Waals surface area (Å²) in [5, 5.41) is 4.71. The Bertz CT molecular complexity index is 907. The van der Waals surface area contributed by atoms with E-state index in [1.54, 1.807) is 12.1 Å². The second kappa shape index (κ2) is 11.4. The van der Waals surface area contributed by atoms with Gasteiger partial charge >= 0.3 is 12.0 Å². The molecule has 170 valence electrons. The van der Waals surface area contributed by atoms with Gasteiger partial charge in [-0.2, -0.15) is 0 Å². The zero-order valence-electron chi connectivity index (χ0n) is 18.4. The number of nitrogens with one attached hydrogen (secondary N) is 2. The largest absolute Gasteiger partial charge is 0.452 e. The van der Waals surface area contributed by atoms with Crippen LogP contribution >= 0.6 is 0 Å². The molecular formula is C24H29N3O5. The van der Waals surface area contributed by atoms with E-state index in [4.69, 9.17) is 9.47 Å². The predicted octanol–water partition coefficient (Wildman–Crippen LogP) is 2.48. The van der Waals surface area contributed by atoms with Gasteiger partial charge in [0.2, 0.25) is 0 Å². The van der Waals surface area contributed by atoms with Crippen LogP contribution < -0.4 is 10.6 Å². The molecule has 2 atom stereocenters. The third-order valence-electron chi connectivity index (χ3n) is 4.97. The van der Waals surface area contributed by atoms with Crippen LogP contribution in [0.25, 0.3) is 0 Å². The first-order valence-electron chi connectivity index (χ1n) is 10.6. The Morgan fingerprint density at radius 2 is 1.62 bits per heavy atom. The minimum absolute atomic E-state index is 0.194. The fraction of sp³-hybridized carbons (Fsp3) is 0.375. The number of rotatable bonds is 7. The maximum Gasteiger partial charge on any atom is 0.338 e. The van der Waals surface area contributed by atoms with Gasteiger partial charge in [0.1, 0.15) is 0 Å². The summed E-state index contributed by atoms with van der Waals surface area (Å²) >= 11 is 0. The molecule has 1 aliphatic rings. The lowest BCUT2D eigenvalue weighted by atomic mass is 10.1. The minimum atomic E-state index is -0.698. The topological polar surface area (TPSA) is 97.0 Å². The van der Waals surface area contributed by atoms with Gasteiger partial charge in [0.15, 0.2) is 6.61 Å². The van der Waals surface area contributed by atoms with Crippen molar-refractivity contribution in [3.63, 3.8) is 0 Å². The molecule has 8 nitrogen and oxygen atoms in total. The Balaban J connectivity index is 1.39. The number of hydrogen-bond acceptors (Lipinski definition) is 6. The Morgan fingerprint density at radius 3 is 2.28 bits per heavy atom. The number of nitrogens with zero attached hydrogens (tertiary/aromatic N) is 1. The van der Waals surface area contributed by atoms with Crippen molar-refractivity contribution in [3.05, 3.63) is 71.3 Å². The van der Waals surface area contributed by atoms with Crippen molar-refractivity contribution in [3.8, 4) is 0 Å². The van der Waals surface area contributed by atoms with Crippen LogP contribution in [0.4, 0.5) is 4.79 Å². The van der Waals surface area contributed by atoms with Crippen LogP contribution in [0.3, 0.4) is 0 Å². The molecule has 32 heavy (non-hydrogen) atoms. The summed E-state index contributed by atoms with van der Waals surface area (Å²) in [6.07, 6.45) is 0.388. The van der Waals surface area contributed by atoms with Crippen LogP contribution in [0.2, 0.25) is 0 Å². The lowest BCUT2D eigenvalue weighted by Crippen LogP contribution is -2.44. The quantitative estimate of drug-likeness (QED) is 0.644. The Hall–Kier alpha value is -3.23. The third kappa shape index (κ3) is 7.47. The summed E-state index contributed by atoms with van der Waals surface area (Å²) in [6.45, 7) is 6.37. The fourth-order valence-corrected chi connectivity index (χ4v) is 3.62. The molecule has 3 amide bonds. The normalized spacial score (nSPS) is 18.6. The van der Waals surface area contributed by atoms with Gasteiger partial charge in [0.05, 0.1) is 17.8 Å². The second-order valence-electron chi connectivity index (χ2n) is 7.94. The molecule has 0 bridgehead atoms. The van der Waals surface area contributed by atoms with E-state index in [1.165, 1.54) is 0 Å². The lowest BCUT2D eigenvalue weighted by Gasteiger charge is -2.35. The first-order chi connectivity index (χ1) is 15.4. The first kappa shape index (κ1) is 23.4. The van der Waals surface area contributed by atoms with Crippen molar-refractivity contribution in [1.29, 1.82) is 0 Å². The molecule has 0 radical (unpaired) electrons. The van der Waals surface area contributed by atoms with Crippen LogP contribution in [-0.4, -0.2) is 54.7 Å². The van der Waals surface area contributed by atoms with Crippen LogP contribution in [0, 0.1) is 0 Å². The molecule has 8 heteroatoms. The van der Waals surface area contributed by atoms with Gasteiger partial charge in [-0.25, -0.2) is 9.59 Å². The maximum atomic E-state index is 12.2. The number of hydrogen-bond donors (Lipinski definition) is 2. The molecular weight excluding hydrogens is 410 g/mol. The number of carbonyl (C=O) groups is 3. The van der Waals surface area contributed by atoms with E-state index in [-0.39, 0.29) is 18.8 Å². The Kier molecular flexibility index (Phi) is 8.35. The zero-order chi connectivity index (χ0) is 22.9. The number of amides is 3. The average Bonchev–Trinajstić information content (AvgIpc) is 2.76. The number of ether oxygens (including phenoxy) is 2. The number of esters is 1. The molecule has 2 unspecified atom stereocenters. The Labute approximate surface area is 187 Å². The molecule has 1 aliphatic heterocycles. The highest BCUT2D eigenvalue weighted by Gasteiger charge is 2.22. The number of urea groups is 1. The molecule has 0 spiro atoms. The van der Waals surface area contributed by atoms with E-state index >= 15 is 0 Å². The number of benzene rings is 2. The summed E-state index contributed by atoms with van der Waals surface area (Å²) in [5.41, 5.74) is 2.33. The molecule has 2 aromatic carbocycles. The van der Waals surface area contributed by atoms with Crippen molar-refractivity contribution in [2.24, 2.45) is 0 Å². The van der Waals surface area contributed by atoms with Gasteiger partial charge in [-0.3, -0.25) is 15.0 Å². The van der Waals surface area contributed by atoms with Gasteiger partial charge in [-0.05, 0) is 37.1 Å². The zero-order valence-corrected chi connectivity index (χ0v) is 18.4. The van der Waals surface area contributed by atoms with E-state index < -0.39 is 24.5 Å². The van der Waals surface area contributed by atoms with E-state index in [2.05, 4.69) is 29.4 Å². The molecule has 0 saturated carbocycles. The van der Waals surface area contributed by atoms with E-state index in [9.17, 15) is 14.4 Å². The fourth-order valence-electron chi connectivity index (χ4n) is 3.62. The third-order valence-corrected chi connectivity index (χ3v) is 4.97. The van der Waals surface area contributed by atoms with Crippen molar-refractivity contribution in [2.45, 2.75) is 39.1 Å². The van der Waals surface area contributed by atoms with Gasteiger partial charge < -0.3 is 14.8 Å². The smallest absolute Gasteiger partial charge is 0.338 e. The highest BCUT2D eigenvalue weighted by molar-refractivity contribution is 5.97. The van der Waals surface area contributed by atoms with Crippen molar-refractivity contribution in [2.75, 3.05) is 19.7 Å². The molecule has 1 fully saturated rings. The summed E-state index contributed by atoms with van der Waals surface area (Å²) in [5.74, 6) is -1.32. The van der Waals surface area contributed by atoms with E-state index in [1.807, 2.05) is 42.5 Å². The van der Waals surface area contributed by atoms with Crippen molar-refractivity contribution < 1.29 is 23.9 Å². The van der Waals surface area contributed by atoms with Crippen molar-refractivity contribution >= 4 is 17.9 Å². The molecule has 3 rings (SSSR count). The molecule has 0 aromatic heterocycles. The highest BCUT2D eigenvalue weighted by atomic mass is 16.5. The standard InChI is InChI=1S/C24H29N3O5/c1-17-13-27(14-18(2)32-17)15-20-8-10-21(11-9-20)23(29)31-16-22(28)26-24(30)25-12-19-6-4-3-5-7-19/h3-11,17-18H,12-16H2,1-2H3,(H2,25,26,28,30). The lowest BCUT2D eigenvalue weighted by molar-refractivity contribution is -0.123. The van der Waals surface area contributed by atoms with Crippen LogP contribution in [0.1, 0.15) is 35.3 Å². The van der Waals surface area contributed by atoms with E-state index in [0.29, 0.717) is 5.56 Å². The minimum Gasteiger partial charge on any atom is -0.452 e. The first-order valence-corrected chi connectivity index (χ1v) is 10.6. The summed E-state index contributed by atoms with van der Waals surface area (Å²) < 4.78 is 10.8. The molecule has 0 aliphatic carbocycles. The highest BCUT2D eigenvalue weighted by Crippen LogP contribution is 2.15. The number of morpholine rings is 1. The second-order valence-corrected chi connectivity index (χ2v) is 7.94. The summed E-state index contributed by atoms with van der Waals surface area (Å²) in [7, 11) is 0. The van der Waals surface area contributed by atoms with Crippen LogP contribution in [0.5, 0.6) is 0 Å². The Morgan fingerprint density at radius 1 is 0.969 bits per heavy atom. The monoisotopic (exact) mass is 439 g/mol. The van der Waals surface area contributed by atoms with Gasteiger partial charge in [0.25, 0.3) is 5.91 Å². The SMILES string of the molecule is CC1CN(Cc2ccc(C(=O)OCC(=O)NC(=O)NCc3ccccc3)cc2)CC(C)O1. The van der Waals surface area contributed by atoms with Gasteiger partial charge in [-0.1, -0.05) is 42.5 Å². The molecule has 1 heterocycles. The van der Waals surface area contributed by atoms with E-state index in [0.717, 1.165) is 30.8 Å². The average molecular weight is 440 g/mol. The molecule has 1 saturated heterocycles. The van der Waals surface area contributed by atoms with Crippen LogP contribution in [-0.2, 0) is 27.4 Å². The van der Waals surface area contributed by atoms with Crippen molar-refractivity contribution in [1.82, 2.24) is 15.5 Å². The number of imide groups is 1. The maximum absolute atomic E-state index is 12.2. The van der Waals surface area contributed by atoms with Gasteiger partial charge in [0, 0.05) is 26.2 Å². The van der Waals surface area contributed by atoms with Gasteiger partial charge in [-0.15, -0.1) is 0 Å². The predicted molar refractivity (Wildman–Crippen MR) is 119 cm³/mol. The summed E-state index contributed by atoms with van der Waals surface area (Å²) in [4.78, 5) is 38.2. The molecule has 2 N–H and O–H groups in total.